The highest BCUT2D eigenvalue weighted by atomic mass is 35.5. The summed E-state index contributed by atoms with van der Waals surface area (Å²) in [5.41, 5.74) is 8.83. The standard InChI is InChI=1S/C15H21ClN2O3.ClH/c1-4-21-14-11(9(3)17)5-12(16)8(2)13(14)10-6-18(7-10)15(19)20;/h5,9-10H,4,6-7,17H2,1-3H3,(H,19,20);1H. The molecular weight excluding hydrogens is 327 g/mol. The van der Waals surface area contributed by atoms with Crippen molar-refractivity contribution in [2.24, 2.45) is 5.73 Å². The van der Waals surface area contributed by atoms with E-state index in [9.17, 15) is 4.79 Å². The molecule has 1 aromatic rings. The average molecular weight is 349 g/mol. The molecule has 0 aromatic heterocycles. The maximum absolute atomic E-state index is 10.9. The van der Waals surface area contributed by atoms with Crippen molar-refractivity contribution >= 4 is 30.1 Å². The highest BCUT2D eigenvalue weighted by Crippen LogP contribution is 2.42. The molecule has 1 heterocycles. The molecule has 124 valence electrons. The molecule has 1 saturated heterocycles. The summed E-state index contributed by atoms with van der Waals surface area (Å²) in [4.78, 5) is 12.3. The second-order valence-electron chi connectivity index (χ2n) is 5.42. The molecule has 3 N–H and O–H groups in total. The van der Waals surface area contributed by atoms with Gasteiger partial charge in [0.05, 0.1) is 6.61 Å². The van der Waals surface area contributed by atoms with E-state index >= 15 is 0 Å². The van der Waals surface area contributed by atoms with E-state index in [4.69, 9.17) is 27.2 Å². The number of halogens is 2. The van der Waals surface area contributed by atoms with Crippen molar-refractivity contribution in [2.45, 2.75) is 32.7 Å². The number of benzene rings is 1. The first-order chi connectivity index (χ1) is 9.86. The third kappa shape index (κ3) is 3.42. The average Bonchev–Trinajstić information content (AvgIpc) is 2.34. The van der Waals surface area contributed by atoms with Crippen LogP contribution in [0.25, 0.3) is 0 Å². The summed E-state index contributed by atoms with van der Waals surface area (Å²) in [6, 6.07) is 1.66. The number of rotatable bonds is 4. The van der Waals surface area contributed by atoms with Crippen LogP contribution in [0.5, 0.6) is 5.75 Å². The molecule has 2 rings (SSSR count). The van der Waals surface area contributed by atoms with Crippen LogP contribution in [0, 0.1) is 6.92 Å². The smallest absolute Gasteiger partial charge is 0.407 e. The SMILES string of the molecule is CCOc1c(C(C)N)cc(Cl)c(C)c1C1CN(C(=O)O)C1.Cl. The number of carbonyl (C=O) groups is 1. The molecule has 1 aliphatic heterocycles. The van der Waals surface area contributed by atoms with E-state index in [2.05, 4.69) is 0 Å². The Morgan fingerprint density at radius 2 is 2.18 bits per heavy atom. The van der Waals surface area contributed by atoms with E-state index < -0.39 is 6.09 Å². The van der Waals surface area contributed by atoms with Gasteiger partial charge in [-0.1, -0.05) is 11.6 Å². The number of hydrogen-bond acceptors (Lipinski definition) is 3. The molecule has 1 unspecified atom stereocenters. The van der Waals surface area contributed by atoms with Crippen molar-refractivity contribution in [2.75, 3.05) is 19.7 Å². The van der Waals surface area contributed by atoms with Gasteiger partial charge < -0.3 is 20.5 Å². The summed E-state index contributed by atoms with van der Waals surface area (Å²) in [7, 11) is 0. The van der Waals surface area contributed by atoms with Crippen LogP contribution in [-0.4, -0.2) is 35.8 Å². The summed E-state index contributed by atoms with van der Waals surface area (Å²) in [6.45, 7) is 7.21. The van der Waals surface area contributed by atoms with E-state index in [1.165, 1.54) is 4.90 Å². The largest absolute Gasteiger partial charge is 0.493 e. The van der Waals surface area contributed by atoms with Gasteiger partial charge in [0.2, 0.25) is 0 Å². The summed E-state index contributed by atoms with van der Waals surface area (Å²) in [5, 5.41) is 9.63. The van der Waals surface area contributed by atoms with Crippen molar-refractivity contribution in [3.05, 3.63) is 27.8 Å². The quantitative estimate of drug-likeness (QED) is 0.871. The van der Waals surface area contributed by atoms with Crippen molar-refractivity contribution in [1.29, 1.82) is 0 Å². The predicted octanol–water partition coefficient (Wildman–Crippen LogP) is 3.57. The van der Waals surface area contributed by atoms with Crippen LogP contribution in [0.4, 0.5) is 4.79 Å². The molecule has 7 heteroatoms. The second kappa shape index (κ2) is 7.40. The molecule has 1 fully saturated rings. The lowest BCUT2D eigenvalue weighted by Crippen LogP contribution is -2.48. The van der Waals surface area contributed by atoms with Crippen molar-refractivity contribution in [3.63, 3.8) is 0 Å². The maximum Gasteiger partial charge on any atom is 0.407 e. The van der Waals surface area contributed by atoms with Gasteiger partial charge in [0, 0.05) is 41.2 Å². The molecule has 5 nitrogen and oxygen atoms in total. The zero-order chi connectivity index (χ0) is 15.7. The fraction of sp³-hybridized carbons (Fsp3) is 0.533. The van der Waals surface area contributed by atoms with Gasteiger partial charge in [0.15, 0.2) is 0 Å². The number of nitrogens with zero attached hydrogens (tertiary/aromatic N) is 1. The number of likely N-dealkylation sites (tertiary alicyclic amines) is 1. The highest BCUT2D eigenvalue weighted by Gasteiger charge is 2.36. The fourth-order valence-electron chi connectivity index (χ4n) is 2.72. The minimum Gasteiger partial charge on any atom is -0.493 e. The first-order valence-corrected chi connectivity index (χ1v) is 7.43. The third-order valence-corrected chi connectivity index (χ3v) is 4.28. The molecule has 0 aliphatic carbocycles. The van der Waals surface area contributed by atoms with E-state index in [-0.39, 0.29) is 24.4 Å². The van der Waals surface area contributed by atoms with E-state index in [1.54, 1.807) is 0 Å². The molecule has 0 saturated carbocycles. The zero-order valence-electron chi connectivity index (χ0n) is 12.9. The summed E-state index contributed by atoms with van der Waals surface area (Å²) >= 11 is 6.32. The highest BCUT2D eigenvalue weighted by molar-refractivity contribution is 6.31. The molecule has 0 radical (unpaired) electrons. The van der Waals surface area contributed by atoms with Gasteiger partial charge in [-0.3, -0.25) is 0 Å². The van der Waals surface area contributed by atoms with Gasteiger partial charge in [-0.25, -0.2) is 4.79 Å². The predicted molar refractivity (Wildman–Crippen MR) is 89.5 cm³/mol. The number of hydrogen-bond donors (Lipinski definition) is 2. The fourth-order valence-corrected chi connectivity index (χ4v) is 2.94. The van der Waals surface area contributed by atoms with Crippen LogP contribution in [0.2, 0.25) is 5.02 Å². The van der Waals surface area contributed by atoms with Gasteiger partial charge in [-0.05, 0) is 32.4 Å². The molecule has 1 aromatic carbocycles. The molecular formula is C15H22Cl2N2O3. The maximum atomic E-state index is 10.9. The zero-order valence-corrected chi connectivity index (χ0v) is 14.5. The van der Waals surface area contributed by atoms with Gasteiger partial charge in [-0.2, -0.15) is 0 Å². The monoisotopic (exact) mass is 348 g/mol. The summed E-state index contributed by atoms with van der Waals surface area (Å²) in [5.74, 6) is 0.878. The molecule has 22 heavy (non-hydrogen) atoms. The van der Waals surface area contributed by atoms with Crippen molar-refractivity contribution in [3.8, 4) is 5.75 Å². The molecule has 0 bridgehead atoms. The number of nitrogens with two attached hydrogens (primary N) is 1. The van der Waals surface area contributed by atoms with Crippen LogP contribution < -0.4 is 10.5 Å². The van der Waals surface area contributed by atoms with Crippen LogP contribution in [0.15, 0.2) is 6.07 Å². The van der Waals surface area contributed by atoms with Crippen molar-refractivity contribution < 1.29 is 14.6 Å². The van der Waals surface area contributed by atoms with E-state index in [1.807, 2.05) is 26.8 Å². The Hall–Kier alpha value is -1.17. The lowest BCUT2D eigenvalue weighted by Gasteiger charge is -2.39. The van der Waals surface area contributed by atoms with E-state index in [0.29, 0.717) is 24.7 Å². The minimum absolute atomic E-state index is 0. The number of carboxylic acid groups (broad SMARTS) is 1. The van der Waals surface area contributed by atoms with Crippen LogP contribution in [-0.2, 0) is 0 Å². The Labute approximate surface area is 141 Å². The summed E-state index contributed by atoms with van der Waals surface area (Å²) in [6.07, 6.45) is -0.892. The summed E-state index contributed by atoms with van der Waals surface area (Å²) < 4.78 is 5.81. The minimum atomic E-state index is -0.892. The Bertz CT molecular complexity index is 558. The topological polar surface area (TPSA) is 75.8 Å². The van der Waals surface area contributed by atoms with Crippen molar-refractivity contribution in [1.82, 2.24) is 4.90 Å². The van der Waals surface area contributed by atoms with Gasteiger partial charge in [0.1, 0.15) is 5.75 Å². The van der Waals surface area contributed by atoms with Crippen LogP contribution >= 0.6 is 24.0 Å². The number of ether oxygens (including phenoxy) is 1. The van der Waals surface area contributed by atoms with Gasteiger partial charge >= 0.3 is 6.09 Å². The first kappa shape index (κ1) is 18.9. The Kier molecular flexibility index (Phi) is 6.35. The Morgan fingerprint density at radius 3 is 2.64 bits per heavy atom. The molecule has 1 atom stereocenters. The lowest BCUT2D eigenvalue weighted by atomic mass is 9.85. The van der Waals surface area contributed by atoms with Gasteiger partial charge in [-0.15, -0.1) is 12.4 Å². The third-order valence-electron chi connectivity index (χ3n) is 3.89. The van der Waals surface area contributed by atoms with Crippen LogP contribution in [0.1, 0.15) is 42.5 Å². The molecule has 1 aliphatic rings. The molecule has 1 amide bonds. The number of amides is 1. The Balaban J connectivity index is 0.00000242. The molecule has 0 spiro atoms. The normalized spacial score (nSPS) is 15.8. The van der Waals surface area contributed by atoms with Crippen LogP contribution in [0.3, 0.4) is 0 Å². The van der Waals surface area contributed by atoms with E-state index in [0.717, 1.165) is 22.4 Å². The Morgan fingerprint density at radius 1 is 1.59 bits per heavy atom. The first-order valence-electron chi connectivity index (χ1n) is 7.05. The second-order valence-corrected chi connectivity index (χ2v) is 5.83. The lowest BCUT2D eigenvalue weighted by molar-refractivity contribution is 0.104. The van der Waals surface area contributed by atoms with Gasteiger partial charge in [0.25, 0.3) is 0 Å².